The van der Waals surface area contributed by atoms with E-state index in [1.807, 2.05) is 0 Å². The highest BCUT2D eigenvalue weighted by molar-refractivity contribution is 6.57. The predicted molar refractivity (Wildman–Crippen MR) is 38.5 cm³/mol. The zero-order chi connectivity index (χ0) is 7.56. The molecule has 5 heteroatoms. The molecule has 0 unspecified atom stereocenters. The maximum absolute atomic E-state index is 8.59. The second-order valence-electron chi connectivity index (χ2n) is 1.86. The molecule has 1 aromatic heterocycles. The summed E-state index contributed by atoms with van der Waals surface area (Å²) in [5.41, 5.74) is 5.43. The summed E-state index contributed by atoms with van der Waals surface area (Å²) in [6, 6.07) is 4.67. The number of anilines is 1. The van der Waals surface area contributed by atoms with Crippen LogP contribution in [0.3, 0.4) is 0 Å². The Hall–Kier alpha value is -1.07. The summed E-state index contributed by atoms with van der Waals surface area (Å²) in [5, 5.41) is 17.2. The highest BCUT2D eigenvalue weighted by atomic mass is 16.4. The molecule has 0 amide bonds. The number of hydrogen-bond acceptors (Lipinski definition) is 4. The fraction of sp³-hybridized carbons (Fsp3) is 0. The van der Waals surface area contributed by atoms with Gasteiger partial charge in [0.05, 0.1) is 5.59 Å². The third-order valence-corrected chi connectivity index (χ3v) is 1.06. The van der Waals surface area contributed by atoms with Gasteiger partial charge in [-0.15, -0.1) is 0 Å². The van der Waals surface area contributed by atoms with Crippen LogP contribution in [-0.4, -0.2) is 22.2 Å². The van der Waals surface area contributed by atoms with Crippen LogP contribution in [0.2, 0.25) is 0 Å². The summed E-state index contributed by atoms with van der Waals surface area (Å²) in [7, 11) is -1.54. The van der Waals surface area contributed by atoms with Gasteiger partial charge in [-0.25, -0.2) is 4.98 Å². The molecule has 4 nitrogen and oxygen atoms in total. The molecule has 10 heavy (non-hydrogen) atoms. The van der Waals surface area contributed by atoms with Gasteiger partial charge in [0.1, 0.15) is 5.82 Å². The lowest BCUT2D eigenvalue weighted by Gasteiger charge is -1.97. The van der Waals surface area contributed by atoms with Crippen molar-refractivity contribution in [3.8, 4) is 0 Å². The molecule has 52 valence electrons. The van der Waals surface area contributed by atoms with E-state index in [0.29, 0.717) is 0 Å². The van der Waals surface area contributed by atoms with Crippen molar-refractivity contribution < 1.29 is 10.0 Å². The SMILES string of the molecule is Nc1cccc(B(O)O)n1. The molecule has 0 fully saturated rings. The fourth-order valence-corrected chi connectivity index (χ4v) is 0.613. The molecular formula is C5H7BN2O2. The highest BCUT2D eigenvalue weighted by Crippen LogP contribution is 1.89. The normalized spacial score (nSPS) is 9.40. The molecule has 0 saturated carbocycles. The molecule has 0 aliphatic rings. The summed E-state index contributed by atoms with van der Waals surface area (Å²) < 4.78 is 0. The van der Waals surface area contributed by atoms with Crippen LogP contribution < -0.4 is 11.3 Å². The molecule has 0 saturated heterocycles. The van der Waals surface area contributed by atoms with E-state index in [1.165, 1.54) is 6.07 Å². The van der Waals surface area contributed by atoms with Gasteiger partial charge in [-0.05, 0) is 12.1 Å². The zero-order valence-corrected chi connectivity index (χ0v) is 5.23. The molecule has 0 bridgehead atoms. The largest absolute Gasteiger partial charge is 0.508 e. The van der Waals surface area contributed by atoms with Gasteiger partial charge >= 0.3 is 7.12 Å². The van der Waals surface area contributed by atoms with E-state index in [9.17, 15) is 0 Å². The number of nitrogen functional groups attached to an aromatic ring is 1. The molecule has 1 rings (SSSR count). The van der Waals surface area contributed by atoms with E-state index in [2.05, 4.69) is 4.98 Å². The maximum atomic E-state index is 8.59. The average Bonchev–Trinajstić information content (AvgIpc) is 1.88. The summed E-state index contributed by atoms with van der Waals surface area (Å²) in [5.74, 6) is 0.283. The Labute approximate surface area is 58.5 Å². The summed E-state index contributed by atoms with van der Waals surface area (Å²) in [6.45, 7) is 0. The van der Waals surface area contributed by atoms with Crippen molar-refractivity contribution in [3.05, 3.63) is 18.2 Å². The Balaban J connectivity index is 2.96. The number of rotatable bonds is 1. The lowest BCUT2D eigenvalue weighted by molar-refractivity contribution is 0.424. The molecule has 0 aromatic carbocycles. The van der Waals surface area contributed by atoms with Crippen molar-refractivity contribution in [2.24, 2.45) is 0 Å². The monoisotopic (exact) mass is 138 g/mol. The van der Waals surface area contributed by atoms with Crippen LogP contribution in [0.25, 0.3) is 0 Å². The number of nitrogens with two attached hydrogens (primary N) is 1. The quantitative estimate of drug-likeness (QED) is 0.406. The number of pyridine rings is 1. The van der Waals surface area contributed by atoms with Crippen molar-refractivity contribution in [3.63, 3.8) is 0 Å². The van der Waals surface area contributed by atoms with Crippen molar-refractivity contribution in [2.75, 3.05) is 5.73 Å². The second-order valence-corrected chi connectivity index (χ2v) is 1.86. The fourth-order valence-electron chi connectivity index (χ4n) is 0.613. The predicted octanol–water partition coefficient (Wildman–Crippen LogP) is -1.66. The summed E-state index contributed by atoms with van der Waals surface area (Å²) in [6.07, 6.45) is 0. The van der Waals surface area contributed by atoms with Gasteiger partial charge in [-0.3, -0.25) is 0 Å². The van der Waals surface area contributed by atoms with Crippen LogP contribution in [-0.2, 0) is 0 Å². The van der Waals surface area contributed by atoms with E-state index in [0.717, 1.165) is 0 Å². The summed E-state index contributed by atoms with van der Waals surface area (Å²) in [4.78, 5) is 3.65. The van der Waals surface area contributed by atoms with Gasteiger partial charge < -0.3 is 15.8 Å². The molecule has 0 aliphatic heterocycles. The van der Waals surface area contributed by atoms with Crippen LogP contribution >= 0.6 is 0 Å². The van der Waals surface area contributed by atoms with Gasteiger partial charge in [0, 0.05) is 0 Å². The van der Waals surface area contributed by atoms with E-state index < -0.39 is 7.12 Å². The Bertz CT molecular complexity index is 229. The van der Waals surface area contributed by atoms with Crippen LogP contribution in [0.5, 0.6) is 0 Å². The first-order valence-electron chi connectivity index (χ1n) is 2.78. The third kappa shape index (κ3) is 1.46. The van der Waals surface area contributed by atoms with E-state index in [1.54, 1.807) is 12.1 Å². The first kappa shape index (κ1) is 7.05. The Morgan fingerprint density at radius 1 is 1.40 bits per heavy atom. The standard InChI is InChI=1S/C5H7BN2O2/c7-5-3-1-2-4(8-5)6(9)10/h1-3,9-10H,(H2,7,8). The minimum atomic E-state index is -1.54. The molecule has 4 N–H and O–H groups in total. The smallest absolute Gasteiger partial charge is 0.422 e. The second kappa shape index (κ2) is 2.68. The number of nitrogens with zero attached hydrogens (tertiary/aromatic N) is 1. The first-order valence-corrected chi connectivity index (χ1v) is 2.78. The molecule has 1 aromatic rings. The molecule has 0 aliphatic carbocycles. The van der Waals surface area contributed by atoms with Gasteiger partial charge in [-0.2, -0.15) is 0 Å². The lowest BCUT2D eigenvalue weighted by atomic mass is 9.86. The number of aromatic nitrogens is 1. The minimum Gasteiger partial charge on any atom is -0.422 e. The van der Waals surface area contributed by atoms with E-state index in [4.69, 9.17) is 15.8 Å². The lowest BCUT2D eigenvalue weighted by Crippen LogP contribution is -2.32. The van der Waals surface area contributed by atoms with Crippen molar-refractivity contribution in [1.29, 1.82) is 0 Å². The van der Waals surface area contributed by atoms with Gasteiger partial charge in [0.25, 0.3) is 0 Å². The van der Waals surface area contributed by atoms with Crippen LogP contribution in [0.1, 0.15) is 0 Å². The molecule has 1 heterocycles. The molecular weight excluding hydrogens is 131 g/mol. The third-order valence-electron chi connectivity index (χ3n) is 1.06. The minimum absolute atomic E-state index is 0.167. The molecule has 0 radical (unpaired) electrons. The van der Waals surface area contributed by atoms with Crippen molar-refractivity contribution in [1.82, 2.24) is 4.98 Å². The average molecular weight is 138 g/mol. The van der Waals surface area contributed by atoms with Crippen molar-refractivity contribution >= 4 is 18.5 Å². The Kier molecular flexibility index (Phi) is 1.89. The van der Waals surface area contributed by atoms with E-state index in [-0.39, 0.29) is 11.4 Å². The summed E-state index contributed by atoms with van der Waals surface area (Å²) >= 11 is 0. The van der Waals surface area contributed by atoms with Crippen LogP contribution in [0, 0.1) is 0 Å². The Morgan fingerprint density at radius 3 is 2.50 bits per heavy atom. The van der Waals surface area contributed by atoms with Crippen LogP contribution in [0.4, 0.5) is 5.82 Å². The van der Waals surface area contributed by atoms with Crippen LogP contribution in [0.15, 0.2) is 18.2 Å². The van der Waals surface area contributed by atoms with Crippen molar-refractivity contribution in [2.45, 2.75) is 0 Å². The molecule has 0 spiro atoms. The molecule has 0 atom stereocenters. The topological polar surface area (TPSA) is 79.4 Å². The zero-order valence-electron chi connectivity index (χ0n) is 5.23. The van der Waals surface area contributed by atoms with Gasteiger partial charge in [0.2, 0.25) is 0 Å². The van der Waals surface area contributed by atoms with Gasteiger partial charge in [-0.1, -0.05) is 6.07 Å². The van der Waals surface area contributed by atoms with Gasteiger partial charge in [0.15, 0.2) is 0 Å². The maximum Gasteiger partial charge on any atom is 0.508 e. The first-order chi connectivity index (χ1) is 4.70. The highest BCUT2D eigenvalue weighted by Gasteiger charge is 2.11. The number of hydrogen-bond donors (Lipinski definition) is 3. The van der Waals surface area contributed by atoms with E-state index >= 15 is 0 Å². The Morgan fingerprint density at radius 2 is 2.10 bits per heavy atom.